The molecule has 2 aromatic rings. The molecule has 17 heavy (non-hydrogen) atoms. The van der Waals surface area contributed by atoms with Crippen LogP contribution in [-0.4, -0.2) is 10.1 Å². The fourth-order valence-corrected chi connectivity index (χ4v) is 2.81. The van der Waals surface area contributed by atoms with E-state index < -0.39 is 6.10 Å². The lowest BCUT2D eigenvalue weighted by atomic mass is 10.1. The zero-order valence-electron chi connectivity index (χ0n) is 10.4. The lowest BCUT2D eigenvalue weighted by molar-refractivity contribution is 0.181. The number of aliphatic hydroxyl groups excluding tert-OH is 1. The van der Waals surface area contributed by atoms with Crippen LogP contribution in [0.15, 0.2) is 24.4 Å². The third-order valence-electron chi connectivity index (χ3n) is 3.02. The summed E-state index contributed by atoms with van der Waals surface area (Å²) in [4.78, 5) is 6.62. The Morgan fingerprint density at radius 2 is 2.06 bits per heavy atom. The number of nitrogens with zero attached hydrogens (tertiary/aromatic N) is 1. The van der Waals surface area contributed by atoms with Crippen molar-refractivity contribution in [1.82, 2.24) is 4.98 Å². The van der Waals surface area contributed by atoms with Crippen LogP contribution in [0.3, 0.4) is 0 Å². The molecule has 1 unspecified atom stereocenters. The monoisotopic (exact) mass is 247 g/mol. The van der Waals surface area contributed by atoms with Crippen LogP contribution < -0.4 is 0 Å². The van der Waals surface area contributed by atoms with Gasteiger partial charge in [-0.25, -0.2) is 0 Å². The van der Waals surface area contributed by atoms with Gasteiger partial charge in [0.25, 0.3) is 0 Å². The number of aliphatic hydroxyl groups is 1. The van der Waals surface area contributed by atoms with Crippen LogP contribution in [0.5, 0.6) is 0 Å². The Balaban J connectivity index is 2.17. The maximum atomic E-state index is 10.2. The third kappa shape index (κ3) is 2.73. The molecule has 1 atom stereocenters. The van der Waals surface area contributed by atoms with Crippen LogP contribution in [0.25, 0.3) is 0 Å². The number of rotatable bonds is 3. The van der Waals surface area contributed by atoms with Crippen LogP contribution in [0.4, 0.5) is 0 Å². The molecule has 0 aliphatic heterocycles. The minimum Gasteiger partial charge on any atom is -0.387 e. The zero-order chi connectivity index (χ0) is 12.4. The smallest absolute Gasteiger partial charge is 0.0937 e. The molecule has 0 aromatic carbocycles. The van der Waals surface area contributed by atoms with E-state index in [0.29, 0.717) is 6.42 Å². The normalized spacial score (nSPS) is 12.7. The zero-order valence-corrected chi connectivity index (χ0v) is 11.2. The van der Waals surface area contributed by atoms with Gasteiger partial charge < -0.3 is 5.11 Å². The molecule has 0 radical (unpaired) electrons. The van der Waals surface area contributed by atoms with Crippen molar-refractivity contribution in [1.29, 1.82) is 0 Å². The highest BCUT2D eigenvalue weighted by Crippen LogP contribution is 2.28. The minimum absolute atomic E-state index is 0.444. The molecule has 2 rings (SSSR count). The third-order valence-corrected chi connectivity index (χ3v) is 4.27. The fourth-order valence-electron chi connectivity index (χ4n) is 1.78. The van der Waals surface area contributed by atoms with E-state index in [-0.39, 0.29) is 0 Å². The van der Waals surface area contributed by atoms with Crippen molar-refractivity contribution in [2.75, 3.05) is 0 Å². The number of aromatic nitrogens is 1. The standard InChI is InChI=1S/C14H17NOS/c1-9-5-4-6-15-12(9)8-13(16)14-7-10(2)11(3)17-14/h4-7,13,16H,8H2,1-3H3. The summed E-state index contributed by atoms with van der Waals surface area (Å²) in [6, 6.07) is 6.02. The van der Waals surface area contributed by atoms with Crippen molar-refractivity contribution in [2.45, 2.75) is 33.3 Å². The van der Waals surface area contributed by atoms with Gasteiger partial charge in [-0.05, 0) is 44.0 Å². The summed E-state index contributed by atoms with van der Waals surface area (Å²) in [6.45, 7) is 6.19. The highest BCUT2D eigenvalue weighted by molar-refractivity contribution is 7.12. The predicted molar refractivity (Wildman–Crippen MR) is 71.4 cm³/mol. The Bertz CT molecular complexity index is 499. The molecule has 2 aromatic heterocycles. The van der Waals surface area contributed by atoms with E-state index in [1.165, 1.54) is 10.4 Å². The van der Waals surface area contributed by atoms with Gasteiger partial charge in [-0.2, -0.15) is 0 Å². The van der Waals surface area contributed by atoms with Gasteiger partial charge >= 0.3 is 0 Å². The van der Waals surface area contributed by atoms with Gasteiger partial charge in [-0.3, -0.25) is 4.98 Å². The molecule has 3 heteroatoms. The number of aryl methyl sites for hydroxylation is 3. The largest absolute Gasteiger partial charge is 0.387 e. The van der Waals surface area contributed by atoms with Crippen molar-refractivity contribution in [3.63, 3.8) is 0 Å². The van der Waals surface area contributed by atoms with Crippen molar-refractivity contribution in [3.05, 3.63) is 51.0 Å². The van der Waals surface area contributed by atoms with E-state index in [0.717, 1.165) is 16.1 Å². The molecular weight excluding hydrogens is 230 g/mol. The van der Waals surface area contributed by atoms with E-state index in [9.17, 15) is 5.11 Å². The number of hydrogen-bond donors (Lipinski definition) is 1. The van der Waals surface area contributed by atoms with E-state index in [4.69, 9.17) is 0 Å². The van der Waals surface area contributed by atoms with Crippen molar-refractivity contribution in [2.24, 2.45) is 0 Å². The molecule has 0 aliphatic rings. The first-order valence-electron chi connectivity index (χ1n) is 5.73. The molecule has 90 valence electrons. The van der Waals surface area contributed by atoms with Gasteiger partial charge in [0, 0.05) is 28.1 Å². The molecule has 2 heterocycles. The number of thiophene rings is 1. The summed E-state index contributed by atoms with van der Waals surface area (Å²) in [7, 11) is 0. The highest BCUT2D eigenvalue weighted by Gasteiger charge is 2.14. The molecule has 0 saturated carbocycles. The first-order valence-corrected chi connectivity index (χ1v) is 6.55. The van der Waals surface area contributed by atoms with Gasteiger partial charge in [0.05, 0.1) is 6.10 Å². The van der Waals surface area contributed by atoms with Crippen molar-refractivity contribution in [3.8, 4) is 0 Å². The molecule has 0 fully saturated rings. The number of hydrogen-bond acceptors (Lipinski definition) is 3. The second-order valence-corrected chi connectivity index (χ2v) is 5.66. The van der Waals surface area contributed by atoms with Gasteiger partial charge in [0.15, 0.2) is 0 Å². The van der Waals surface area contributed by atoms with Crippen molar-refractivity contribution >= 4 is 11.3 Å². The number of pyridine rings is 1. The maximum absolute atomic E-state index is 10.2. The first kappa shape index (κ1) is 12.3. The second-order valence-electron chi connectivity index (χ2n) is 4.37. The summed E-state index contributed by atoms with van der Waals surface area (Å²) in [5.74, 6) is 0. The van der Waals surface area contributed by atoms with Crippen LogP contribution in [0, 0.1) is 20.8 Å². The summed E-state index contributed by atoms with van der Waals surface area (Å²) in [5.41, 5.74) is 3.36. The molecule has 0 aliphatic carbocycles. The van der Waals surface area contributed by atoms with E-state index in [2.05, 4.69) is 24.9 Å². The Hall–Kier alpha value is -1.19. The molecule has 0 saturated heterocycles. The average molecular weight is 247 g/mol. The maximum Gasteiger partial charge on any atom is 0.0937 e. The van der Waals surface area contributed by atoms with E-state index in [1.54, 1.807) is 17.5 Å². The summed E-state index contributed by atoms with van der Waals surface area (Å²) >= 11 is 1.67. The Labute approximate surface area is 106 Å². The Morgan fingerprint density at radius 3 is 2.65 bits per heavy atom. The van der Waals surface area contributed by atoms with Gasteiger partial charge in [-0.1, -0.05) is 6.07 Å². The Morgan fingerprint density at radius 1 is 1.29 bits per heavy atom. The molecule has 2 nitrogen and oxygen atoms in total. The van der Waals surface area contributed by atoms with E-state index >= 15 is 0 Å². The highest BCUT2D eigenvalue weighted by atomic mass is 32.1. The summed E-state index contributed by atoms with van der Waals surface area (Å²) in [6.07, 6.45) is 1.92. The Kier molecular flexibility index (Phi) is 3.60. The lowest BCUT2D eigenvalue weighted by Gasteiger charge is -2.09. The molecule has 1 N–H and O–H groups in total. The molecule has 0 bridgehead atoms. The van der Waals surface area contributed by atoms with E-state index in [1.807, 2.05) is 19.1 Å². The average Bonchev–Trinajstić information content (AvgIpc) is 2.63. The van der Waals surface area contributed by atoms with Crippen LogP contribution in [0.1, 0.15) is 32.7 Å². The van der Waals surface area contributed by atoms with Gasteiger partial charge in [0.2, 0.25) is 0 Å². The predicted octanol–water partition coefficient (Wildman–Crippen LogP) is 3.34. The molecule has 0 spiro atoms. The minimum atomic E-state index is -0.444. The van der Waals surface area contributed by atoms with Gasteiger partial charge in [-0.15, -0.1) is 11.3 Å². The van der Waals surface area contributed by atoms with Crippen LogP contribution >= 0.6 is 11.3 Å². The lowest BCUT2D eigenvalue weighted by Crippen LogP contribution is -2.03. The SMILES string of the molecule is Cc1cccnc1CC(O)c1cc(C)c(C)s1. The first-order chi connectivity index (χ1) is 8.08. The topological polar surface area (TPSA) is 33.1 Å². The van der Waals surface area contributed by atoms with Crippen LogP contribution in [0.2, 0.25) is 0 Å². The quantitative estimate of drug-likeness (QED) is 0.902. The van der Waals surface area contributed by atoms with Crippen molar-refractivity contribution < 1.29 is 5.11 Å². The summed E-state index contributed by atoms with van der Waals surface area (Å²) in [5, 5.41) is 10.2. The second kappa shape index (κ2) is 4.98. The fraction of sp³-hybridized carbons (Fsp3) is 0.357. The van der Waals surface area contributed by atoms with Crippen LogP contribution in [-0.2, 0) is 6.42 Å². The summed E-state index contributed by atoms with van der Waals surface area (Å²) < 4.78 is 0. The molecule has 0 amide bonds. The molecular formula is C14H17NOS. The van der Waals surface area contributed by atoms with Gasteiger partial charge in [0.1, 0.15) is 0 Å².